The first-order valence-corrected chi connectivity index (χ1v) is 4.99. The first kappa shape index (κ1) is 12.4. The number of nitrogens with zero attached hydrogens (tertiary/aromatic N) is 2. The summed E-state index contributed by atoms with van der Waals surface area (Å²) in [6, 6.07) is 0.0417. The van der Waals surface area contributed by atoms with Crippen molar-refractivity contribution in [2.24, 2.45) is 0 Å². The van der Waals surface area contributed by atoms with E-state index in [1.165, 1.54) is 6.20 Å². The molecule has 0 aliphatic carbocycles. The lowest BCUT2D eigenvalue weighted by Crippen LogP contribution is -2.19. The molecule has 0 amide bonds. The molecule has 0 bridgehead atoms. The van der Waals surface area contributed by atoms with E-state index in [9.17, 15) is 4.79 Å². The van der Waals surface area contributed by atoms with Crippen LogP contribution in [0.3, 0.4) is 0 Å². The fourth-order valence-electron chi connectivity index (χ4n) is 1.23. The third kappa shape index (κ3) is 3.16. The molecule has 1 rings (SSSR count). The summed E-state index contributed by atoms with van der Waals surface area (Å²) >= 11 is 0. The fraction of sp³-hybridized carbons (Fsp3) is 0.500. The van der Waals surface area contributed by atoms with E-state index in [0.29, 0.717) is 18.1 Å². The maximum absolute atomic E-state index is 10.7. The van der Waals surface area contributed by atoms with Crippen molar-refractivity contribution in [1.29, 1.82) is 0 Å². The predicted octanol–water partition coefficient (Wildman–Crippen LogP) is 0.666. The number of carboxylic acid groups (broad SMARTS) is 1. The Balaban J connectivity index is 2.77. The van der Waals surface area contributed by atoms with E-state index in [2.05, 4.69) is 15.3 Å². The van der Waals surface area contributed by atoms with E-state index in [0.717, 1.165) is 0 Å². The standard InChI is InChI=1S/C10H15N3O3/c1-6(3-4-14)12-10-11-5-8(9(15)16)7(2)13-10/h5-6,14H,3-4H2,1-2H3,(H,15,16)(H,11,12,13). The molecule has 88 valence electrons. The van der Waals surface area contributed by atoms with Crippen LogP contribution in [0.15, 0.2) is 6.20 Å². The van der Waals surface area contributed by atoms with Gasteiger partial charge in [0.25, 0.3) is 0 Å². The van der Waals surface area contributed by atoms with Crippen LogP contribution in [0.2, 0.25) is 0 Å². The maximum Gasteiger partial charge on any atom is 0.339 e. The van der Waals surface area contributed by atoms with Gasteiger partial charge in [-0.05, 0) is 20.3 Å². The molecular formula is C10H15N3O3. The Morgan fingerprint density at radius 3 is 2.81 bits per heavy atom. The van der Waals surface area contributed by atoms with E-state index in [1.54, 1.807) is 6.92 Å². The molecule has 0 saturated carbocycles. The molecule has 0 aromatic carbocycles. The summed E-state index contributed by atoms with van der Waals surface area (Å²) in [4.78, 5) is 18.7. The zero-order valence-electron chi connectivity index (χ0n) is 9.27. The minimum absolute atomic E-state index is 0.0417. The molecule has 0 saturated heterocycles. The van der Waals surface area contributed by atoms with Crippen LogP contribution < -0.4 is 5.32 Å². The van der Waals surface area contributed by atoms with E-state index in [-0.39, 0.29) is 18.2 Å². The molecular weight excluding hydrogens is 210 g/mol. The highest BCUT2D eigenvalue weighted by Crippen LogP contribution is 2.08. The van der Waals surface area contributed by atoms with Crippen LogP contribution in [0, 0.1) is 6.92 Å². The largest absolute Gasteiger partial charge is 0.478 e. The molecule has 6 nitrogen and oxygen atoms in total. The van der Waals surface area contributed by atoms with Crippen LogP contribution in [-0.2, 0) is 0 Å². The van der Waals surface area contributed by atoms with Crippen LogP contribution in [-0.4, -0.2) is 38.8 Å². The lowest BCUT2D eigenvalue weighted by molar-refractivity contribution is 0.0695. The predicted molar refractivity (Wildman–Crippen MR) is 58.5 cm³/mol. The van der Waals surface area contributed by atoms with Crippen molar-refractivity contribution in [3.63, 3.8) is 0 Å². The highest BCUT2D eigenvalue weighted by atomic mass is 16.4. The van der Waals surface area contributed by atoms with Crippen molar-refractivity contribution in [3.8, 4) is 0 Å². The molecule has 0 aliphatic rings. The van der Waals surface area contributed by atoms with Crippen molar-refractivity contribution in [2.45, 2.75) is 26.3 Å². The summed E-state index contributed by atoms with van der Waals surface area (Å²) in [5, 5.41) is 20.5. The molecule has 1 atom stereocenters. The molecule has 0 fully saturated rings. The summed E-state index contributed by atoms with van der Waals surface area (Å²) in [5.74, 6) is -0.657. The van der Waals surface area contributed by atoms with Gasteiger partial charge >= 0.3 is 5.97 Å². The summed E-state index contributed by atoms with van der Waals surface area (Å²) in [6.07, 6.45) is 1.86. The topological polar surface area (TPSA) is 95.3 Å². The van der Waals surface area contributed by atoms with Crippen LogP contribution in [0.25, 0.3) is 0 Å². The third-order valence-electron chi connectivity index (χ3n) is 2.15. The van der Waals surface area contributed by atoms with Crippen molar-refractivity contribution >= 4 is 11.9 Å². The Hall–Kier alpha value is -1.69. The third-order valence-corrected chi connectivity index (χ3v) is 2.15. The average Bonchev–Trinajstić information content (AvgIpc) is 2.17. The molecule has 0 radical (unpaired) electrons. The van der Waals surface area contributed by atoms with Crippen LogP contribution in [0.1, 0.15) is 29.4 Å². The van der Waals surface area contributed by atoms with Gasteiger partial charge in [0.15, 0.2) is 0 Å². The van der Waals surface area contributed by atoms with Gasteiger partial charge in [-0.25, -0.2) is 14.8 Å². The number of aromatic nitrogens is 2. The smallest absolute Gasteiger partial charge is 0.339 e. The van der Waals surface area contributed by atoms with Crippen LogP contribution >= 0.6 is 0 Å². The quantitative estimate of drug-likeness (QED) is 0.681. The Kier molecular flexibility index (Phi) is 4.19. The zero-order valence-corrected chi connectivity index (χ0v) is 9.27. The molecule has 6 heteroatoms. The number of nitrogens with one attached hydrogen (secondary N) is 1. The van der Waals surface area contributed by atoms with Gasteiger partial charge in [-0.1, -0.05) is 0 Å². The van der Waals surface area contributed by atoms with Crippen molar-refractivity contribution in [2.75, 3.05) is 11.9 Å². The van der Waals surface area contributed by atoms with Gasteiger partial charge in [0, 0.05) is 18.8 Å². The van der Waals surface area contributed by atoms with Gasteiger partial charge in [-0.15, -0.1) is 0 Å². The van der Waals surface area contributed by atoms with Crippen molar-refractivity contribution in [1.82, 2.24) is 9.97 Å². The summed E-state index contributed by atoms with van der Waals surface area (Å²) in [7, 11) is 0. The molecule has 1 aromatic heterocycles. The number of carboxylic acids is 1. The average molecular weight is 225 g/mol. The number of aliphatic hydroxyl groups is 1. The minimum Gasteiger partial charge on any atom is -0.478 e. The number of hydrogen-bond acceptors (Lipinski definition) is 5. The number of aromatic carboxylic acids is 1. The normalized spacial score (nSPS) is 12.2. The monoisotopic (exact) mass is 225 g/mol. The Labute approximate surface area is 93.4 Å². The van der Waals surface area contributed by atoms with E-state index in [1.807, 2.05) is 6.92 Å². The Morgan fingerprint density at radius 2 is 2.31 bits per heavy atom. The minimum atomic E-state index is -1.03. The molecule has 0 aliphatic heterocycles. The van der Waals surface area contributed by atoms with Crippen LogP contribution in [0.4, 0.5) is 5.95 Å². The van der Waals surface area contributed by atoms with Crippen molar-refractivity contribution < 1.29 is 15.0 Å². The summed E-state index contributed by atoms with van der Waals surface area (Å²) < 4.78 is 0. The van der Waals surface area contributed by atoms with Gasteiger partial charge < -0.3 is 15.5 Å². The number of aryl methyl sites for hydroxylation is 1. The number of carbonyl (C=O) groups is 1. The number of aliphatic hydroxyl groups excluding tert-OH is 1. The Morgan fingerprint density at radius 1 is 1.62 bits per heavy atom. The SMILES string of the molecule is Cc1nc(NC(C)CCO)ncc1C(=O)O. The van der Waals surface area contributed by atoms with Crippen molar-refractivity contribution in [3.05, 3.63) is 17.5 Å². The second-order valence-corrected chi connectivity index (χ2v) is 3.56. The summed E-state index contributed by atoms with van der Waals surface area (Å²) in [6.45, 7) is 3.59. The molecule has 0 spiro atoms. The highest BCUT2D eigenvalue weighted by Gasteiger charge is 2.10. The molecule has 1 heterocycles. The highest BCUT2D eigenvalue weighted by molar-refractivity contribution is 5.88. The van der Waals surface area contributed by atoms with E-state index >= 15 is 0 Å². The zero-order chi connectivity index (χ0) is 12.1. The number of anilines is 1. The van der Waals surface area contributed by atoms with Gasteiger partial charge in [-0.2, -0.15) is 0 Å². The molecule has 1 aromatic rings. The number of hydrogen-bond donors (Lipinski definition) is 3. The lowest BCUT2D eigenvalue weighted by atomic mass is 10.2. The summed E-state index contributed by atoms with van der Waals surface area (Å²) in [5.41, 5.74) is 0.515. The number of rotatable bonds is 5. The van der Waals surface area contributed by atoms with Gasteiger partial charge in [0.2, 0.25) is 5.95 Å². The van der Waals surface area contributed by atoms with Gasteiger partial charge in [0.1, 0.15) is 0 Å². The van der Waals surface area contributed by atoms with Gasteiger partial charge in [0.05, 0.1) is 11.3 Å². The molecule has 16 heavy (non-hydrogen) atoms. The molecule has 3 N–H and O–H groups in total. The lowest BCUT2D eigenvalue weighted by Gasteiger charge is -2.12. The van der Waals surface area contributed by atoms with Crippen LogP contribution in [0.5, 0.6) is 0 Å². The second kappa shape index (κ2) is 5.41. The maximum atomic E-state index is 10.7. The van der Waals surface area contributed by atoms with E-state index in [4.69, 9.17) is 10.2 Å². The van der Waals surface area contributed by atoms with Gasteiger partial charge in [-0.3, -0.25) is 0 Å². The van der Waals surface area contributed by atoms with E-state index < -0.39 is 5.97 Å². The first-order valence-electron chi connectivity index (χ1n) is 4.99. The fourth-order valence-corrected chi connectivity index (χ4v) is 1.23. The second-order valence-electron chi connectivity index (χ2n) is 3.56. The first-order chi connectivity index (χ1) is 7.54. The Bertz CT molecular complexity index is 382. The molecule has 1 unspecified atom stereocenters.